The molecule has 0 aliphatic carbocycles. The number of carboxylic acids is 1. The summed E-state index contributed by atoms with van der Waals surface area (Å²) in [5.74, 6) is -2.22. The molecular weight excluding hydrogens is 346 g/mol. The fraction of sp³-hybridized carbons (Fsp3) is 0.100. The third kappa shape index (κ3) is 4.16. The van der Waals surface area contributed by atoms with Gasteiger partial charge in [-0.1, -0.05) is 36.4 Å². The maximum atomic E-state index is 11.2. The molecule has 136 valence electrons. The summed E-state index contributed by atoms with van der Waals surface area (Å²) < 4.78 is 0. The highest BCUT2D eigenvalue weighted by Gasteiger charge is 2.14. The minimum Gasteiger partial charge on any atom is -0.480 e. The minimum absolute atomic E-state index is 0.385. The van der Waals surface area contributed by atoms with Crippen molar-refractivity contribution in [3.63, 3.8) is 0 Å². The summed E-state index contributed by atoms with van der Waals surface area (Å²) in [6.45, 7) is 0. The molecule has 1 aliphatic heterocycles. The molecule has 2 aromatic carbocycles. The number of H-pyrrole nitrogens is 1. The Hall–Kier alpha value is -3.58. The van der Waals surface area contributed by atoms with Crippen LogP contribution in [-0.4, -0.2) is 33.8 Å². The van der Waals surface area contributed by atoms with E-state index in [2.05, 4.69) is 9.98 Å². The predicted molar refractivity (Wildman–Crippen MR) is 99.3 cm³/mol. The third-order valence-electron chi connectivity index (χ3n) is 4.06. The molecule has 1 atom stereocenters. The molecule has 4 rings (SSSR count). The van der Waals surface area contributed by atoms with Crippen LogP contribution in [0.4, 0.5) is 0 Å². The molecule has 1 amide bonds. The highest BCUT2D eigenvalue weighted by molar-refractivity contribution is 6.48. The van der Waals surface area contributed by atoms with Gasteiger partial charge in [0, 0.05) is 28.4 Å². The summed E-state index contributed by atoms with van der Waals surface area (Å²) >= 11 is 0. The van der Waals surface area contributed by atoms with Gasteiger partial charge < -0.3 is 15.8 Å². The molecule has 1 aromatic heterocycles. The van der Waals surface area contributed by atoms with Crippen LogP contribution in [0.15, 0.2) is 59.7 Å². The van der Waals surface area contributed by atoms with E-state index in [0.29, 0.717) is 17.0 Å². The van der Waals surface area contributed by atoms with E-state index in [9.17, 15) is 14.4 Å². The molecule has 0 bridgehead atoms. The number of aromatic nitrogens is 1. The number of Topliss-reactive ketones (excluding diaryl/α,β-unsaturated/α-hetero) is 1. The molecule has 0 spiro atoms. The number of carboxylic acid groups (broad SMARTS) is 1. The van der Waals surface area contributed by atoms with Crippen LogP contribution in [0, 0.1) is 0 Å². The van der Waals surface area contributed by atoms with Gasteiger partial charge in [-0.3, -0.25) is 14.4 Å². The molecule has 1 aliphatic rings. The quantitative estimate of drug-likeness (QED) is 0.578. The lowest BCUT2D eigenvalue weighted by Crippen LogP contribution is -2.34. The molecule has 7 nitrogen and oxygen atoms in total. The summed E-state index contributed by atoms with van der Waals surface area (Å²) in [4.78, 5) is 39.5. The number of nitrogens with zero attached hydrogens (tertiary/aromatic N) is 1. The van der Waals surface area contributed by atoms with Crippen LogP contribution in [-0.2, 0) is 20.8 Å². The number of aromatic amines is 1. The van der Waals surface area contributed by atoms with E-state index in [4.69, 9.17) is 10.8 Å². The van der Waals surface area contributed by atoms with Gasteiger partial charge in [-0.15, -0.1) is 0 Å². The van der Waals surface area contributed by atoms with E-state index in [1.807, 2.05) is 42.5 Å². The number of hydrogen-bond acceptors (Lipinski definition) is 4. The first kappa shape index (κ1) is 18.2. The first-order chi connectivity index (χ1) is 13.0. The van der Waals surface area contributed by atoms with Crippen molar-refractivity contribution in [1.82, 2.24) is 4.98 Å². The van der Waals surface area contributed by atoms with E-state index in [1.54, 1.807) is 12.3 Å². The monoisotopic (exact) mass is 363 g/mol. The maximum Gasteiger partial charge on any atom is 0.320 e. The Morgan fingerprint density at radius 2 is 1.85 bits per heavy atom. The molecule has 0 unspecified atom stereocenters. The Kier molecular flexibility index (Phi) is 5.23. The zero-order chi connectivity index (χ0) is 19.4. The largest absolute Gasteiger partial charge is 0.480 e. The molecule has 0 radical (unpaired) electrons. The average Bonchev–Trinajstić information content (AvgIpc) is 3.13. The van der Waals surface area contributed by atoms with E-state index >= 15 is 0 Å². The number of hydrogen-bond donors (Lipinski definition) is 3. The lowest BCUT2D eigenvalue weighted by molar-refractivity contribution is -0.138. The SMILES string of the molecule is N[C@@H](Cc1ccccc1)C(=O)O.O=C1C=c2ccc3[nH]ccc3c2=NC1=O. The summed E-state index contributed by atoms with van der Waals surface area (Å²) in [7, 11) is 0. The minimum atomic E-state index is -0.959. The second-order valence-corrected chi connectivity index (χ2v) is 6.00. The van der Waals surface area contributed by atoms with E-state index in [0.717, 1.165) is 16.5 Å². The smallest absolute Gasteiger partial charge is 0.320 e. The number of carbonyl (C=O) groups is 3. The molecule has 4 N–H and O–H groups in total. The van der Waals surface area contributed by atoms with Crippen molar-refractivity contribution in [3.05, 3.63) is 70.9 Å². The Labute approximate surface area is 153 Å². The highest BCUT2D eigenvalue weighted by atomic mass is 16.4. The molecule has 3 aromatic rings. The van der Waals surface area contributed by atoms with Crippen LogP contribution in [0.3, 0.4) is 0 Å². The number of amides is 1. The van der Waals surface area contributed by atoms with Gasteiger partial charge in [0.15, 0.2) is 0 Å². The number of benzene rings is 2. The fourth-order valence-electron chi connectivity index (χ4n) is 2.69. The second-order valence-electron chi connectivity index (χ2n) is 6.00. The Morgan fingerprint density at radius 1 is 1.11 bits per heavy atom. The molecule has 0 fully saturated rings. The normalized spacial score (nSPS) is 13.7. The second kappa shape index (κ2) is 7.76. The molecule has 7 heteroatoms. The van der Waals surface area contributed by atoms with Crippen LogP contribution in [0.1, 0.15) is 5.56 Å². The average molecular weight is 363 g/mol. The van der Waals surface area contributed by atoms with Crippen LogP contribution in [0.25, 0.3) is 17.0 Å². The van der Waals surface area contributed by atoms with Gasteiger partial charge in [0.2, 0.25) is 5.78 Å². The van der Waals surface area contributed by atoms with Crippen LogP contribution < -0.4 is 16.3 Å². The standard InChI is InChI=1S/C11H6N2O2.C9H11NO2/c14-9-5-6-1-2-8-7(3-4-12-8)10(6)13-11(9)15;10-8(9(11)12)6-7-4-2-1-3-5-7/h1-5,12H;1-5,8H,6,10H2,(H,11,12)/t;8-/m.0/s1. The number of carbonyl (C=O) groups excluding carboxylic acids is 2. The van der Waals surface area contributed by atoms with Crippen molar-refractivity contribution < 1.29 is 19.5 Å². The van der Waals surface area contributed by atoms with Gasteiger partial charge in [-0.25, -0.2) is 4.99 Å². The van der Waals surface area contributed by atoms with Gasteiger partial charge in [-0.05, 0) is 24.1 Å². The van der Waals surface area contributed by atoms with E-state index < -0.39 is 23.7 Å². The van der Waals surface area contributed by atoms with Crippen molar-refractivity contribution in [1.29, 1.82) is 0 Å². The summed E-state index contributed by atoms with van der Waals surface area (Å²) in [6.07, 6.45) is 3.49. The summed E-state index contributed by atoms with van der Waals surface area (Å²) in [5, 5.41) is 10.7. The fourth-order valence-corrected chi connectivity index (χ4v) is 2.69. The van der Waals surface area contributed by atoms with Gasteiger partial charge in [0.25, 0.3) is 0 Å². The van der Waals surface area contributed by atoms with Crippen molar-refractivity contribution in [2.24, 2.45) is 10.7 Å². The first-order valence-electron chi connectivity index (χ1n) is 8.23. The third-order valence-corrected chi connectivity index (χ3v) is 4.06. The zero-order valence-electron chi connectivity index (χ0n) is 14.3. The molecule has 0 saturated carbocycles. The molecule has 2 heterocycles. The number of nitrogens with two attached hydrogens (primary N) is 1. The Balaban J connectivity index is 0.000000161. The highest BCUT2D eigenvalue weighted by Crippen LogP contribution is 2.04. The van der Waals surface area contributed by atoms with Crippen molar-refractivity contribution in [2.75, 3.05) is 0 Å². The van der Waals surface area contributed by atoms with Crippen LogP contribution in [0.5, 0.6) is 0 Å². The topological polar surface area (TPSA) is 126 Å². The van der Waals surface area contributed by atoms with Crippen molar-refractivity contribution in [2.45, 2.75) is 12.5 Å². The summed E-state index contributed by atoms with van der Waals surface area (Å²) in [5.41, 5.74) is 7.21. The Bertz CT molecular complexity index is 1130. The number of ketones is 1. The van der Waals surface area contributed by atoms with Gasteiger partial charge in [-0.2, -0.15) is 0 Å². The number of nitrogens with one attached hydrogen (secondary N) is 1. The van der Waals surface area contributed by atoms with E-state index in [-0.39, 0.29) is 0 Å². The van der Waals surface area contributed by atoms with Crippen molar-refractivity contribution >= 4 is 34.6 Å². The predicted octanol–water partition coefficient (Wildman–Crippen LogP) is 0.318. The van der Waals surface area contributed by atoms with Crippen LogP contribution in [0.2, 0.25) is 0 Å². The zero-order valence-corrected chi connectivity index (χ0v) is 14.3. The number of fused-ring (bicyclic) bond motifs is 3. The summed E-state index contributed by atoms with van der Waals surface area (Å²) in [6, 6.07) is 14.0. The number of rotatable bonds is 3. The van der Waals surface area contributed by atoms with Gasteiger partial charge >= 0.3 is 11.9 Å². The molecule has 0 saturated heterocycles. The lowest BCUT2D eigenvalue weighted by Gasteiger charge is -2.04. The van der Waals surface area contributed by atoms with Gasteiger partial charge in [0.05, 0.1) is 5.36 Å². The Morgan fingerprint density at radius 3 is 2.56 bits per heavy atom. The van der Waals surface area contributed by atoms with Crippen molar-refractivity contribution in [3.8, 4) is 0 Å². The van der Waals surface area contributed by atoms with Crippen LogP contribution >= 0.6 is 0 Å². The first-order valence-corrected chi connectivity index (χ1v) is 8.23. The lowest BCUT2D eigenvalue weighted by atomic mass is 10.1. The number of aliphatic carboxylic acids is 1. The molecular formula is C20H17N3O4. The molecule has 27 heavy (non-hydrogen) atoms. The van der Waals surface area contributed by atoms with E-state index in [1.165, 1.54) is 6.08 Å². The van der Waals surface area contributed by atoms with Gasteiger partial charge in [0.1, 0.15) is 6.04 Å². The maximum absolute atomic E-state index is 11.2.